The summed E-state index contributed by atoms with van der Waals surface area (Å²) in [7, 11) is 0. The fourth-order valence-electron chi connectivity index (χ4n) is 3.08. The van der Waals surface area contributed by atoms with Gasteiger partial charge >= 0.3 is 12.1 Å². The Morgan fingerprint density at radius 3 is 2.03 bits per heavy atom. The Kier molecular flexibility index (Phi) is 7.68. The van der Waals surface area contributed by atoms with Gasteiger partial charge in [0.15, 0.2) is 0 Å². The molecular weight excluding hydrogens is 450 g/mol. The van der Waals surface area contributed by atoms with Gasteiger partial charge < -0.3 is 15.4 Å². The Morgan fingerprint density at radius 1 is 0.971 bits per heavy atom. The summed E-state index contributed by atoms with van der Waals surface area (Å²) in [6, 6.07) is 21.9. The molecule has 5 nitrogen and oxygen atoms in total. The van der Waals surface area contributed by atoms with Crippen LogP contribution in [-0.4, -0.2) is 33.3 Å². The van der Waals surface area contributed by atoms with Crippen LogP contribution in [0.1, 0.15) is 19.4 Å². The number of rotatable bonds is 5. The van der Waals surface area contributed by atoms with Crippen LogP contribution < -0.4 is 5.32 Å². The van der Waals surface area contributed by atoms with Gasteiger partial charge in [-0.15, -0.1) is 0 Å². The van der Waals surface area contributed by atoms with Gasteiger partial charge in [-0.25, -0.2) is 14.2 Å². The van der Waals surface area contributed by atoms with Crippen molar-refractivity contribution in [1.29, 1.82) is 0 Å². The van der Waals surface area contributed by atoms with Gasteiger partial charge in [-0.3, -0.25) is 0 Å². The monoisotopic (exact) mass is 473 g/mol. The highest BCUT2D eigenvalue weighted by Gasteiger charge is 2.38. The van der Waals surface area contributed by atoms with E-state index in [-0.39, 0.29) is 5.82 Å². The van der Waals surface area contributed by atoms with Gasteiger partial charge in [-0.1, -0.05) is 62.4 Å². The zero-order valence-electron chi connectivity index (χ0n) is 18.4. The van der Waals surface area contributed by atoms with Gasteiger partial charge in [-0.05, 0) is 34.9 Å². The zero-order valence-corrected chi connectivity index (χ0v) is 18.4. The number of imidazole rings is 1. The average molecular weight is 473 g/mol. The fraction of sp³-hybridized carbons (Fsp3) is 0.200. The molecule has 34 heavy (non-hydrogen) atoms. The van der Waals surface area contributed by atoms with Crippen LogP contribution in [0.3, 0.4) is 0 Å². The van der Waals surface area contributed by atoms with Crippen molar-refractivity contribution in [2.24, 2.45) is 0 Å². The number of H-pyrrole nitrogens is 1. The number of carboxylic acid groups (broad SMARTS) is 1. The molecule has 0 atom stereocenters. The predicted molar refractivity (Wildman–Crippen MR) is 123 cm³/mol. The first-order valence-corrected chi connectivity index (χ1v) is 10.4. The normalized spacial score (nSPS) is 11.4. The Bertz CT molecular complexity index is 1250. The molecule has 0 aliphatic heterocycles. The summed E-state index contributed by atoms with van der Waals surface area (Å²) in [5.74, 6) is -2.27. The number of benzene rings is 3. The number of aliphatic carboxylic acids is 1. The largest absolute Gasteiger partial charge is 0.490 e. The molecule has 0 spiro atoms. The van der Waals surface area contributed by atoms with Crippen molar-refractivity contribution >= 4 is 17.0 Å². The van der Waals surface area contributed by atoms with Gasteiger partial charge in [0.2, 0.25) is 0 Å². The molecule has 0 unspecified atom stereocenters. The summed E-state index contributed by atoms with van der Waals surface area (Å²) in [6.07, 6.45) is -5.08. The molecule has 3 N–H and O–H groups in total. The summed E-state index contributed by atoms with van der Waals surface area (Å²) in [4.78, 5) is 16.6. The third-order valence-electron chi connectivity index (χ3n) is 4.85. The smallest absolute Gasteiger partial charge is 0.475 e. The van der Waals surface area contributed by atoms with E-state index in [1.807, 2.05) is 12.1 Å². The minimum Gasteiger partial charge on any atom is -0.475 e. The lowest BCUT2D eigenvalue weighted by molar-refractivity contribution is -0.192. The van der Waals surface area contributed by atoms with Crippen LogP contribution in [0.15, 0.2) is 66.7 Å². The lowest BCUT2D eigenvalue weighted by Gasteiger charge is -2.09. The number of aromatic nitrogens is 2. The topological polar surface area (TPSA) is 78.0 Å². The van der Waals surface area contributed by atoms with Crippen molar-refractivity contribution in [3.63, 3.8) is 0 Å². The third kappa shape index (κ3) is 6.64. The van der Waals surface area contributed by atoms with Gasteiger partial charge in [0.05, 0.1) is 11.0 Å². The van der Waals surface area contributed by atoms with E-state index in [2.05, 4.69) is 65.5 Å². The van der Waals surface area contributed by atoms with Crippen LogP contribution in [0.4, 0.5) is 17.6 Å². The molecule has 0 amide bonds. The van der Waals surface area contributed by atoms with E-state index in [4.69, 9.17) is 9.90 Å². The van der Waals surface area contributed by atoms with E-state index < -0.39 is 12.1 Å². The summed E-state index contributed by atoms with van der Waals surface area (Å²) in [5.41, 5.74) is 6.07. The van der Waals surface area contributed by atoms with Crippen molar-refractivity contribution < 1.29 is 27.5 Å². The predicted octanol–water partition coefficient (Wildman–Crippen LogP) is 6.17. The van der Waals surface area contributed by atoms with Gasteiger partial charge in [-0.2, -0.15) is 13.2 Å². The number of halogens is 4. The van der Waals surface area contributed by atoms with E-state index in [0.717, 1.165) is 29.0 Å². The van der Waals surface area contributed by atoms with Gasteiger partial charge in [0, 0.05) is 18.2 Å². The lowest BCUT2D eigenvalue weighted by atomic mass is 10.0. The minimum absolute atomic E-state index is 0.264. The van der Waals surface area contributed by atoms with Crippen LogP contribution >= 0.6 is 0 Å². The number of nitrogens with one attached hydrogen (secondary N) is 2. The number of nitrogens with zero attached hydrogens (tertiary/aromatic N) is 1. The highest BCUT2D eigenvalue weighted by Crippen LogP contribution is 2.25. The SMILES string of the molecule is CC(C)NCc1ccc(-c2ccc(-c3nc4ccc(F)cc4[nH]3)cc2)cc1.O=C(O)C(F)(F)F. The van der Waals surface area contributed by atoms with Crippen molar-refractivity contribution in [3.05, 3.63) is 78.1 Å². The number of alkyl halides is 3. The number of carbonyl (C=O) groups is 1. The van der Waals surface area contributed by atoms with Crippen molar-refractivity contribution in [1.82, 2.24) is 15.3 Å². The quantitative estimate of drug-likeness (QED) is 0.303. The molecule has 0 saturated carbocycles. The number of carboxylic acids is 1. The van der Waals surface area contributed by atoms with E-state index in [9.17, 15) is 17.6 Å². The minimum atomic E-state index is -5.08. The average Bonchev–Trinajstić information content (AvgIpc) is 3.21. The molecule has 0 bridgehead atoms. The summed E-state index contributed by atoms with van der Waals surface area (Å²) in [5, 5.41) is 10.6. The molecule has 0 fully saturated rings. The first-order valence-electron chi connectivity index (χ1n) is 10.4. The van der Waals surface area contributed by atoms with E-state index in [0.29, 0.717) is 11.6 Å². The Morgan fingerprint density at radius 2 is 1.50 bits per heavy atom. The van der Waals surface area contributed by atoms with Crippen molar-refractivity contribution in [2.75, 3.05) is 0 Å². The summed E-state index contributed by atoms with van der Waals surface area (Å²) < 4.78 is 45.1. The third-order valence-corrected chi connectivity index (χ3v) is 4.85. The van der Waals surface area contributed by atoms with E-state index in [1.54, 1.807) is 6.07 Å². The summed E-state index contributed by atoms with van der Waals surface area (Å²) in [6.45, 7) is 5.17. The number of hydrogen-bond donors (Lipinski definition) is 3. The molecular formula is C25H23F4N3O2. The summed E-state index contributed by atoms with van der Waals surface area (Å²) >= 11 is 0. The van der Waals surface area contributed by atoms with Crippen LogP contribution in [0.2, 0.25) is 0 Å². The van der Waals surface area contributed by atoms with Gasteiger partial charge in [0.1, 0.15) is 11.6 Å². The Balaban J connectivity index is 0.000000406. The number of aromatic amines is 1. The van der Waals surface area contributed by atoms with Crippen molar-refractivity contribution in [2.45, 2.75) is 32.6 Å². The molecule has 1 aromatic heterocycles. The van der Waals surface area contributed by atoms with Crippen LogP contribution in [0.5, 0.6) is 0 Å². The molecule has 3 aromatic carbocycles. The Hall–Kier alpha value is -3.72. The molecule has 0 aliphatic carbocycles. The molecule has 0 saturated heterocycles. The van der Waals surface area contributed by atoms with E-state index >= 15 is 0 Å². The standard InChI is InChI=1S/C23H22FN3.C2HF3O2/c1-15(2)25-14-16-3-5-17(6-4-16)18-7-9-19(10-8-18)23-26-21-12-11-20(24)13-22(21)27-23;3-2(4,5)1(6)7/h3-13,15,25H,14H2,1-2H3,(H,26,27);(H,6,7). The fourth-order valence-corrected chi connectivity index (χ4v) is 3.08. The molecule has 4 rings (SSSR count). The van der Waals surface area contributed by atoms with Crippen LogP contribution in [-0.2, 0) is 11.3 Å². The van der Waals surface area contributed by atoms with Crippen LogP contribution in [0.25, 0.3) is 33.5 Å². The van der Waals surface area contributed by atoms with Gasteiger partial charge in [0.25, 0.3) is 0 Å². The lowest BCUT2D eigenvalue weighted by Crippen LogP contribution is -2.21. The maximum Gasteiger partial charge on any atom is 0.490 e. The highest BCUT2D eigenvalue weighted by molar-refractivity contribution is 5.80. The first kappa shape index (κ1) is 24.9. The first-order chi connectivity index (χ1) is 16.0. The number of fused-ring (bicyclic) bond motifs is 1. The highest BCUT2D eigenvalue weighted by atomic mass is 19.4. The molecule has 0 aliphatic rings. The number of hydrogen-bond acceptors (Lipinski definition) is 3. The second-order valence-corrected chi connectivity index (χ2v) is 7.86. The second kappa shape index (κ2) is 10.5. The molecule has 1 heterocycles. The Labute approximate surface area is 193 Å². The molecule has 4 aromatic rings. The molecule has 9 heteroatoms. The van der Waals surface area contributed by atoms with Crippen LogP contribution in [0, 0.1) is 5.82 Å². The maximum atomic E-state index is 13.4. The molecule has 0 radical (unpaired) electrons. The maximum absolute atomic E-state index is 13.4. The van der Waals surface area contributed by atoms with Crippen molar-refractivity contribution in [3.8, 4) is 22.5 Å². The van der Waals surface area contributed by atoms with E-state index in [1.165, 1.54) is 23.3 Å². The zero-order chi connectivity index (χ0) is 24.9. The second-order valence-electron chi connectivity index (χ2n) is 7.86. The molecule has 178 valence electrons.